The first-order valence-corrected chi connectivity index (χ1v) is 8.81. The molecule has 0 amide bonds. The average molecular weight is 319 g/mol. The zero-order valence-corrected chi connectivity index (χ0v) is 16.6. The van der Waals surface area contributed by atoms with Gasteiger partial charge in [0.1, 0.15) is 0 Å². The van der Waals surface area contributed by atoms with E-state index >= 15 is 0 Å². The predicted molar refractivity (Wildman–Crippen MR) is 70.8 cm³/mol. The molecule has 0 aromatic carbocycles. The van der Waals surface area contributed by atoms with Gasteiger partial charge in [0.2, 0.25) is 0 Å². The van der Waals surface area contributed by atoms with Gasteiger partial charge < -0.3 is 31.0 Å². The molecule has 1 heterocycles. The third kappa shape index (κ3) is 7.73. The maximum Gasteiger partial charge on any atom is 1.00 e. The van der Waals surface area contributed by atoms with Gasteiger partial charge in [0.05, 0.1) is 6.10 Å². The summed E-state index contributed by atoms with van der Waals surface area (Å²) in [7, 11) is -2.51. The summed E-state index contributed by atoms with van der Waals surface area (Å²) >= 11 is 4.97. The smallest absolute Gasteiger partial charge is 0.793 e. The van der Waals surface area contributed by atoms with E-state index in [-0.39, 0.29) is 63.6 Å². The summed E-state index contributed by atoms with van der Waals surface area (Å²) in [4.78, 5) is 0. The SMILES string of the molecule is CC(O)CCO[Si]1(CCC[S-])OCCC(C)O1.[K+]. The Labute approximate surface area is 159 Å². The Morgan fingerprint density at radius 1 is 1.56 bits per heavy atom. The van der Waals surface area contributed by atoms with Gasteiger partial charge >= 0.3 is 60.2 Å². The molecule has 1 aliphatic heterocycles. The first kappa shape index (κ1) is 20.0. The average Bonchev–Trinajstić information content (AvgIpc) is 2.26. The molecule has 0 bridgehead atoms. The monoisotopic (exact) mass is 318 g/mol. The Bertz CT molecular complexity index is 223. The molecule has 0 spiro atoms. The molecular weight excluding hydrogens is 295 g/mol. The molecule has 1 rings (SSSR count). The third-order valence-electron chi connectivity index (χ3n) is 2.71. The van der Waals surface area contributed by atoms with Crippen LogP contribution in [0, 0.1) is 0 Å². The summed E-state index contributed by atoms with van der Waals surface area (Å²) in [5.74, 6) is 0.704. The summed E-state index contributed by atoms with van der Waals surface area (Å²) < 4.78 is 17.6. The number of rotatable bonds is 7. The van der Waals surface area contributed by atoms with Crippen molar-refractivity contribution in [3.8, 4) is 0 Å². The minimum Gasteiger partial charge on any atom is -0.793 e. The van der Waals surface area contributed by atoms with E-state index < -0.39 is 8.80 Å². The Kier molecular flexibility index (Phi) is 11.9. The fourth-order valence-electron chi connectivity index (χ4n) is 1.73. The number of aliphatic hydroxyl groups excluding tert-OH is 1. The van der Waals surface area contributed by atoms with Crippen molar-refractivity contribution in [2.45, 2.75) is 51.4 Å². The normalized spacial score (nSPS) is 29.7. The summed E-state index contributed by atoms with van der Waals surface area (Å²) in [6.07, 6.45) is 2.28. The summed E-state index contributed by atoms with van der Waals surface area (Å²) in [5, 5.41) is 9.23. The van der Waals surface area contributed by atoms with Crippen molar-refractivity contribution in [3.63, 3.8) is 0 Å². The van der Waals surface area contributed by atoms with E-state index in [1.54, 1.807) is 6.92 Å². The van der Waals surface area contributed by atoms with Crippen molar-refractivity contribution < 1.29 is 69.8 Å². The van der Waals surface area contributed by atoms with Crippen molar-refractivity contribution in [2.75, 3.05) is 19.0 Å². The minimum atomic E-state index is -2.51. The zero-order chi connectivity index (χ0) is 12.7. The van der Waals surface area contributed by atoms with E-state index in [4.69, 9.17) is 25.9 Å². The second-order valence-corrected chi connectivity index (χ2v) is 7.63. The molecule has 102 valence electrons. The molecule has 1 saturated heterocycles. The summed E-state index contributed by atoms with van der Waals surface area (Å²) in [6, 6.07) is 0.792. The molecule has 1 aliphatic rings. The largest absolute Gasteiger partial charge is 1.00 e. The van der Waals surface area contributed by atoms with Gasteiger partial charge in [0, 0.05) is 25.4 Å². The van der Waals surface area contributed by atoms with Crippen LogP contribution in [-0.4, -0.2) is 45.1 Å². The maximum absolute atomic E-state index is 9.23. The molecule has 7 heteroatoms. The molecule has 1 N–H and O–H groups in total. The predicted octanol–water partition coefficient (Wildman–Crippen LogP) is -1.52. The van der Waals surface area contributed by atoms with Gasteiger partial charge in [-0.15, -0.1) is 0 Å². The Hall–Kier alpha value is 2.04. The van der Waals surface area contributed by atoms with Crippen molar-refractivity contribution >= 4 is 21.4 Å². The second kappa shape index (κ2) is 10.7. The van der Waals surface area contributed by atoms with E-state index in [1.807, 2.05) is 0 Å². The molecule has 18 heavy (non-hydrogen) atoms. The van der Waals surface area contributed by atoms with E-state index in [1.165, 1.54) is 0 Å². The van der Waals surface area contributed by atoms with E-state index in [0.717, 1.165) is 18.9 Å². The Balaban J connectivity index is 0.00000289. The molecule has 0 aromatic heterocycles. The van der Waals surface area contributed by atoms with Crippen LogP contribution in [0.1, 0.15) is 33.1 Å². The van der Waals surface area contributed by atoms with Gasteiger partial charge in [-0.3, -0.25) is 0 Å². The molecule has 0 saturated carbocycles. The molecule has 0 aromatic rings. The van der Waals surface area contributed by atoms with Gasteiger partial charge in [-0.1, -0.05) is 6.42 Å². The van der Waals surface area contributed by atoms with Crippen molar-refractivity contribution in [2.24, 2.45) is 0 Å². The Morgan fingerprint density at radius 3 is 2.83 bits per heavy atom. The van der Waals surface area contributed by atoms with Crippen LogP contribution in [0.15, 0.2) is 0 Å². The zero-order valence-electron chi connectivity index (χ0n) is 11.7. The fourth-order valence-corrected chi connectivity index (χ4v) is 4.96. The fraction of sp³-hybridized carbons (Fsp3) is 1.00. The van der Waals surface area contributed by atoms with Gasteiger partial charge in [0.15, 0.2) is 0 Å². The summed E-state index contributed by atoms with van der Waals surface area (Å²) in [5.41, 5.74) is 0. The second-order valence-electron chi connectivity index (χ2n) is 4.54. The van der Waals surface area contributed by atoms with Crippen LogP contribution >= 0.6 is 0 Å². The van der Waals surface area contributed by atoms with Gasteiger partial charge in [0.25, 0.3) is 0 Å². The van der Waals surface area contributed by atoms with Crippen molar-refractivity contribution in [1.29, 1.82) is 0 Å². The van der Waals surface area contributed by atoms with Gasteiger partial charge in [-0.25, -0.2) is 0 Å². The molecule has 0 radical (unpaired) electrons. The van der Waals surface area contributed by atoms with Crippen LogP contribution in [0.2, 0.25) is 6.04 Å². The van der Waals surface area contributed by atoms with Crippen molar-refractivity contribution in [3.05, 3.63) is 0 Å². The van der Waals surface area contributed by atoms with Crippen LogP contribution in [-0.2, 0) is 25.9 Å². The van der Waals surface area contributed by atoms with E-state index in [9.17, 15) is 5.11 Å². The van der Waals surface area contributed by atoms with Gasteiger partial charge in [-0.05, 0) is 26.7 Å². The molecule has 3 unspecified atom stereocenters. The first-order valence-electron chi connectivity index (χ1n) is 6.30. The topological polar surface area (TPSA) is 47.9 Å². The molecular formula is C11H23KO4SSi. The molecule has 4 nitrogen and oxygen atoms in total. The standard InChI is InChI=1S/C11H24O4SSi.K/c1-10(12)4-6-13-17(9-3-8-16)14-7-5-11(2)15-17;/h10-12,16H,3-9H2,1-2H3;/q;+1/p-1. The van der Waals surface area contributed by atoms with E-state index in [2.05, 4.69) is 6.92 Å². The molecule has 3 atom stereocenters. The number of aliphatic hydroxyl groups is 1. The van der Waals surface area contributed by atoms with Crippen LogP contribution in [0.4, 0.5) is 0 Å². The third-order valence-corrected chi connectivity index (χ3v) is 6.02. The Morgan fingerprint density at radius 2 is 2.28 bits per heavy atom. The van der Waals surface area contributed by atoms with Crippen molar-refractivity contribution in [1.82, 2.24) is 0 Å². The quantitative estimate of drug-likeness (QED) is 0.456. The van der Waals surface area contributed by atoms with Crippen LogP contribution in [0.5, 0.6) is 0 Å². The maximum atomic E-state index is 9.23. The number of hydrogen-bond acceptors (Lipinski definition) is 5. The summed E-state index contributed by atoms with van der Waals surface area (Å²) in [6.45, 7) is 5.01. The first-order chi connectivity index (χ1) is 8.08. The molecule has 1 fully saturated rings. The van der Waals surface area contributed by atoms with E-state index in [0.29, 0.717) is 25.4 Å². The van der Waals surface area contributed by atoms with Gasteiger partial charge in [-0.2, -0.15) is 5.75 Å². The van der Waals surface area contributed by atoms with Crippen LogP contribution in [0.3, 0.4) is 0 Å². The molecule has 0 aliphatic carbocycles. The minimum absolute atomic E-state index is 0. The van der Waals surface area contributed by atoms with Crippen LogP contribution < -0.4 is 51.4 Å². The number of hydrogen-bond donors (Lipinski definition) is 1. The van der Waals surface area contributed by atoms with Crippen LogP contribution in [0.25, 0.3) is 0 Å².